The lowest BCUT2D eigenvalue weighted by Gasteiger charge is -2.14. The van der Waals surface area contributed by atoms with Crippen molar-refractivity contribution in [2.45, 2.75) is 26.4 Å². The van der Waals surface area contributed by atoms with E-state index in [-0.39, 0.29) is 24.2 Å². The number of aromatic nitrogens is 1. The molecule has 0 saturated carbocycles. The summed E-state index contributed by atoms with van der Waals surface area (Å²) in [5, 5.41) is 14.8. The Balaban J connectivity index is 1.94. The molecule has 118 valence electrons. The van der Waals surface area contributed by atoms with Crippen LogP contribution in [-0.2, 0) is 6.42 Å². The third kappa shape index (κ3) is 4.61. The molecule has 6 heteroatoms. The van der Waals surface area contributed by atoms with Crippen molar-refractivity contribution in [1.82, 2.24) is 10.3 Å². The molecule has 22 heavy (non-hydrogen) atoms. The second-order valence-corrected chi connectivity index (χ2v) is 6.40. The number of nitrogens with one attached hydrogen (secondary N) is 1. The van der Waals surface area contributed by atoms with Gasteiger partial charge in [-0.15, -0.1) is 11.3 Å². The Labute approximate surface area is 133 Å². The molecule has 0 fully saturated rings. The van der Waals surface area contributed by atoms with E-state index in [1.165, 1.54) is 23.5 Å². The molecule has 1 heterocycles. The largest absolute Gasteiger partial charge is 0.391 e. The van der Waals surface area contributed by atoms with Gasteiger partial charge < -0.3 is 10.4 Å². The number of amides is 1. The van der Waals surface area contributed by atoms with Crippen molar-refractivity contribution in [3.05, 3.63) is 51.7 Å². The molecule has 1 aromatic heterocycles. The maximum absolute atomic E-state index is 13.1. The molecule has 0 bridgehead atoms. The summed E-state index contributed by atoms with van der Waals surface area (Å²) in [4.78, 5) is 16.2. The summed E-state index contributed by atoms with van der Waals surface area (Å²) in [6.07, 6.45) is -0.0843. The highest BCUT2D eigenvalue weighted by molar-refractivity contribution is 7.09. The van der Waals surface area contributed by atoms with Gasteiger partial charge in [-0.1, -0.05) is 26.0 Å². The molecule has 0 spiro atoms. The number of carbonyl (C=O) groups excluding carboxylic acids is 1. The summed E-state index contributed by atoms with van der Waals surface area (Å²) in [6, 6.07) is 6.33. The van der Waals surface area contributed by atoms with Crippen LogP contribution in [0.25, 0.3) is 0 Å². The van der Waals surface area contributed by atoms with Crippen LogP contribution in [0.1, 0.15) is 34.9 Å². The number of thiazole rings is 1. The van der Waals surface area contributed by atoms with Crippen LogP contribution < -0.4 is 5.32 Å². The third-order valence-corrected chi connectivity index (χ3v) is 4.12. The number of rotatable bonds is 6. The summed E-state index contributed by atoms with van der Waals surface area (Å²) in [5.74, 6) is -0.504. The van der Waals surface area contributed by atoms with E-state index in [9.17, 15) is 14.3 Å². The second kappa shape index (κ2) is 7.47. The molecule has 0 aliphatic carbocycles. The first-order valence-corrected chi connectivity index (χ1v) is 7.98. The van der Waals surface area contributed by atoms with Gasteiger partial charge in [0.2, 0.25) is 0 Å². The monoisotopic (exact) mass is 322 g/mol. The summed E-state index contributed by atoms with van der Waals surface area (Å²) >= 11 is 1.36. The number of aliphatic hydroxyl groups excluding tert-OH is 1. The maximum Gasteiger partial charge on any atom is 0.270 e. The van der Waals surface area contributed by atoms with Gasteiger partial charge in [0.15, 0.2) is 0 Å². The molecule has 1 amide bonds. The SMILES string of the molecule is CC(C)C(O)CNC(=O)c1csc(Cc2cccc(F)c2)n1. The van der Waals surface area contributed by atoms with Gasteiger partial charge in [0.1, 0.15) is 11.5 Å². The smallest absolute Gasteiger partial charge is 0.270 e. The Morgan fingerprint density at radius 3 is 2.91 bits per heavy atom. The molecular formula is C16H19FN2O2S. The van der Waals surface area contributed by atoms with Crippen LogP contribution in [0.5, 0.6) is 0 Å². The molecule has 0 radical (unpaired) electrons. The fourth-order valence-corrected chi connectivity index (χ4v) is 2.65. The van der Waals surface area contributed by atoms with Gasteiger partial charge in [-0.2, -0.15) is 0 Å². The molecule has 1 atom stereocenters. The summed E-state index contributed by atoms with van der Waals surface area (Å²) in [5.41, 5.74) is 1.14. The number of benzene rings is 1. The number of halogens is 1. The average Bonchev–Trinajstić information content (AvgIpc) is 2.92. The Morgan fingerprint density at radius 2 is 2.23 bits per heavy atom. The van der Waals surface area contributed by atoms with Crippen LogP contribution in [0.2, 0.25) is 0 Å². The Hall–Kier alpha value is -1.79. The van der Waals surface area contributed by atoms with Crippen LogP contribution in [0.15, 0.2) is 29.6 Å². The van der Waals surface area contributed by atoms with Crippen LogP contribution in [-0.4, -0.2) is 28.6 Å². The van der Waals surface area contributed by atoms with Crippen molar-refractivity contribution >= 4 is 17.2 Å². The minimum atomic E-state index is -0.575. The number of carbonyl (C=O) groups is 1. The molecule has 2 N–H and O–H groups in total. The van der Waals surface area contributed by atoms with Crippen molar-refractivity contribution in [3.8, 4) is 0 Å². The van der Waals surface area contributed by atoms with Gasteiger partial charge in [0.05, 0.1) is 11.1 Å². The van der Waals surface area contributed by atoms with Gasteiger partial charge in [-0.3, -0.25) is 4.79 Å². The Kier molecular flexibility index (Phi) is 5.63. The minimum absolute atomic E-state index is 0.0827. The Morgan fingerprint density at radius 1 is 1.45 bits per heavy atom. The first-order chi connectivity index (χ1) is 10.5. The lowest BCUT2D eigenvalue weighted by Crippen LogP contribution is -2.34. The van der Waals surface area contributed by atoms with E-state index in [0.717, 1.165) is 10.6 Å². The minimum Gasteiger partial charge on any atom is -0.391 e. The number of hydrogen-bond donors (Lipinski definition) is 2. The maximum atomic E-state index is 13.1. The quantitative estimate of drug-likeness (QED) is 0.859. The summed E-state index contributed by atoms with van der Waals surface area (Å²) < 4.78 is 13.1. The van der Waals surface area contributed by atoms with Gasteiger partial charge in [0.25, 0.3) is 5.91 Å². The molecule has 0 aliphatic rings. The zero-order valence-electron chi connectivity index (χ0n) is 12.5. The first kappa shape index (κ1) is 16.6. The summed E-state index contributed by atoms with van der Waals surface area (Å²) in [7, 11) is 0. The number of aliphatic hydroxyl groups is 1. The van der Waals surface area contributed by atoms with Crippen molar-refractivity contribution < 1.29 is 14.3 Å². The van der Waals surface area contributed by atoms with Crippen molar-refractivity contribution in [1.29, 1.82) is 0 Å². The lowest BCUT2D eigenvalue weighted by atomic mass is 10.1. The van der Waals surface area contributed by atoms with Crippen LogP contribution in [0.4, 0.5) is 4.39 Å². The lowest BCUT2D eigenvalue weighted by molar-refractivity contribution is 0.0867. The standard InChI is InChI=1S/C16H19FN2O2S/c1-10(2)14(20)8-18-16(21)13-9-22-15(19-13)7-11-4-3-5-12(17)6-11/h3-6,9-10,14,20H,7-8H2,1-2H3,(H,18,21). The topological polar surface area (TPSA) is 62.2 Å². The second-order valence-electron chi connectivity index (χ2n) is 5.45. The van der Waals surface area contributed by atoms with Crippen molar-refractivity contribution in [2.24, 2.45) is 5.92 Å². The van der Waals surface area contributed by atoms with Crippen molar-refractivity contribution in [3.63, 3.8) is 0 Å². The third-order valence-electron chi connectivity index (χ3n) is 3.27. The van der Waals surface area contributed by atoms with Gasteiger partial charge in [0, 0.05) is 18.3 Å². The molecule has 1 aromatic carbocycles. The zero-order chi connectivity index (χ0) is 16.1. The highest BCUT2D eigenvalue weighted by atomic mass is 32.1. The van der Waals surface area contributed by atoms with Gasteiger partial charge in [-0.05, 0) is 23.6 Å². The van der Waals surface area contributed by atoms with E-state index in [1.54, 1.807) is 11.4 Å². The zero-order valence-corrected chi connectivity index (χ0v) is 13.4. The van der Waals surface area contributed by atoms with E-state index >= 15 is 0 Å². The molecule has 2 aromatic rings. The fraction of sp³-hybridized carbons (Fsp3) is 0.375. The fourth-order valence-electron chi connectivity index (χ4n) is 1.84. The predicted molar refractivity (Wildman–Crippen MR) is 84.5 cm³/mol. The normalized spacial score (nSPS) is 12.4. The van der Waals surface area contributed by atoms with E-state index in [4.69, 9.17) is 0 Å². The van der Waals surface area contributed by atoms with Gasteiger partial charge in [-0.25, -0.2) is 9.37 Å². The predicted octanol–water partition coefficient (Wildman–Crippen LogP) is 2.62. The van der Waals surface area contributed by atoms with E-state index in [0.29, 0.717) is 12.1 Å². The molecule has 0 saturated heterocycles. The van der Waals surface area contributed by atoms with Crippen LogP contribution >= 0.6 is 11.3 Å². The summed E-state index contributed by atoms with van der Waals surface area (Å²) in [6.45, 7) is 3.97. The average molecular weight is 322 g/mol. The highest BCUT2D eigenvalue weighted by Gasteiger charge is 2.14. The Bertz CT molecular complexity index is 643. The van der Waals surface area contributed by atoms with Crippen molar-refractivity contribution in [2.75, 3.05) is 6.54 Å². The van der Waals surface area contributed by atoms with E-state index in [2.05, 4.69) is 10.3 Å². The highest BCUT2D eigenvalue weighted by Crippen LogP contribution is 2.15. The van der Waals surface area contributed by atoms with Crippen LogP contribution in [0.3, 0.4) is 0 Å². The van der Waals surface area contributed by atoms with E-state index in [1.807, 2.05) is 19.9 Å². The first-order valence-electron chi connectivity index (χ1n) is 7.11. The number of nitrogens with zero attached hydrogens (tertiary/aromatic N) is 1. The molecular weight excluding hydrogens is 303 g/mol. The molecule has 4 nitrogen and oxygen atoms in total. The van der Waals surface area contributed by atoms with E-state index < -0.39 is 6.10 Å². The number of hydrogen-bond acceptors (Lipinski definition) is 4. The molecule has 1 unspecified atom stereocenters. The molecule has 0 aliphatic heterocycles. The van der Waals surface area contributed by atoms with Crippen LogP contribution in [0, 0.1) is 11.7 Å². The molecule has 2 rings (SSSR count). The van der Waals surface area contributed by atoms with Gasteiger partial charge >= 0.3 is 0 Å².